The third-order valence-corrected chi connectivity index (χ3v) is 1.75. The first kappa shape index (κ1) is 7.31. The zero-order valence-electron chi connectivity index (χ0n) is 6.56. The van der Waals surface area contributed by atoms with Crippen LogP contribution in [-0.4, -0.2) is 12.5 Å². The van der Waals surface area contributed by atoms with E-state index in [1.54, 1.807) is 0 Å². The molecule has 0 bridgehead atoms. The van der Waals surface area contributed by atoms with Crippen molar-refractivity contribution in [3.8, 4) is 0 Å². The molecule has 0 radical (unpaired) electrons. The largest absolute Gasteiger partial charge is 0.272 e. The predicted molar refractivity (Wildman–Crippen MR) is 44.5 cm³/mol. The normalized spacial score (nSPS) is 17.0. The molecular weight excluding hydrogens is 154 g/mol. The lowest BCUT2D eigenvalue weighted by atomic mass is 10.3. The molecule has 62 valence electrons. The van der Waals surface area contributed by atoms with Crippen molar-refractivity contribution >= 4 is 11.6 Å². The number of anilines is 1. The Hall–Kier alpha value is -1.35. The van der Waals surface area contributed by atoms with Gasteiger partial charge in [-0.1, -0.05) is 18.2 Å². The number of amides is 1. The highest BCUT2D eigenvalue weighted by Crippen LogP contribution is 2.18. The monoisotopic (exact) mass is 163 g/mol. The number of rotatable bonds is 1. The van der Waals surface area contributed by atoms with Gasteiger partial charge < -0.3 is 0 Å². The molecule has 1 heterocycles. The first-order chi connectivity index (χ1) is 5.88. The van der Waals surface area contributed by atoms with E-state index in [1.807, 2.05) is 30.3 Å². The minimum absolute atomic E-state index is 0.0289. The van der Waals surface area contributed by atoms with Crippen LogP contribution in [0.3, 0.4) is 0 Å². The Morgan fingerprint density at radius 2 is 2.00 bits per heavy atom. The minimum Gasteiger partial charge on any atom is -0.272 e. The number of nitrogens with zero attached hydrogens (tertiary/aromatic N) is 1. The predicted octanol–water partition coefficient (Wildman–Crippen LogP) is 1.35. The summed E-state index contributed by atoms with van der Waals surface area (Å²) in [5.74, 6) is 0.0289. The van der Waals surface area contributed by atoms with Crippen LogP contribution in [0.5, 0.6) is 0 Å². The maximum Gasteiger partial charge on any atom is 0.253 e. The van der Waals surface area contributed by atoms with Gasteiger partial charge in [0.15, 0.2) is 0 Å². The van der Waals surface area contributed by atoms with Gasteiger partial charge in [-0.2, -0.15) is 5.06 Å². The van der Waals surface area contributed by atoms with Crippen molar-refractivity contribution < 1.29 is 9.63 Å². The number of carbonyl (C=O) groups excluding carboxylic acids is 1. The van der Waals surface area contributed by atoms with Crippen LogP contribution in [-0.2, 0) is 9.63 Å². The van der Waals surface area contributed by atoms with Crippen LogP contribution in [0.2, 0.25) is 0 Å². The number of hydrogen-bond donors (Lipinski definition) is 0. The molecule has 0 saturated carbocycles. The van der Waals surface area contributed by atoms with Gasteiger partial charge in [0.2, 0.25) is 0 Å². The third-order valence-electron chi connectivity index (χ3n) is 1.75. The quantitative estimate of drug-likeness (QED) is 0.625. The Bertz CT molecular complexity index is 284. The molecule has 0 spiro atoms. The standard InChI is InChI=1S/C9H9NO2/c11-9-6-7-12-10(9)8-4-2-1-3-5-8/h1-5H,6-7H2. The van der Waals surface area contributed by atoms with E-state index in [1.165, 1.54) is 5.06 Å². The topological polar surface area (TPSA) is 29.5 Å². The molecule has 1 aromatic carbocycles. The molecule has 1 aliphatic heterocycles. The molecule has 3 heteroatoms. The van der Waals surface area contributed by atoms with Crippen molar-refractivity contribution in [3.05, 3.63) is 30.3 Å². The molecule has 0 aromatic heterocycles. The first-order valence-corrected chi connectivity index (χ1v) is 3.89. The summed E-state index contributed by atoms with van der Waals surface area (Å²) in [4.78, 5) is 16.3. The van der Waals surface area contributed by atoms with Crippen LogP contribution >= 0.6 is 0 Å². The lowest BCUT2D eigenvalue weighted by molar-refractivity contribution is -0.119. The highest BCUT2D eigenvalue weighted by atomic mass is 16.7. The van der Waals surface area contributed by atoms with Crippen LogP contribution in [0, 0.1) is 0 Å². The Morgan fingerprint density at radius 3 is 2.58 bits per heavy atom. The lowest BCUT2D eigenvalue weighted by Crippen LogP contribution is -2.21. The molecular formula is C9H9NO2. The maximum atomic E-state index is 11.2. The zero-order valence-corrected chi connectivity index (χ0v) is 6.56. The summed E-state index contributed by atoms with van der Waals surface area (Å²) >= 11 is 0. The van der Waals surface area contributed by atoms with Crippen molar-refractivity contribution in [2.45, 2.75) is 6.42 Å². The van der Waals surface area contributed by atoms with E-state index in [0.29, 0.717) is 13.0 Å². The van der Waals surface area contributed by atoms with Gasteiger partial charge in [-0.25, -0.2) is 0 Å². The van der Waals surface area contributed by atoms with Crippen LogP contribution in [0.1, 0.15) is 6.42 Å². The molecule has 1 aromatic rings. The van der Waals surface area contributed by atoms with Crippen molar-refractivity contribution in [2.24, 2.45) is 0 Å². The summed E-state index contributed by atoms with van der Waals surface area (Å²) in [6.07, 6.45) is 0.481. The van der Waals surface area contributed by atoms with Gasteiger partial charge in [-0.05, 0) is 12.1 Å². The molecule has 1 fully saturated rings. The smallest absolute Gasteiger partial charge is 0.253 e. The number of hydrogen-bond acceptors (Lipinski definition) is 2. The summed E-state index contributed by atoms with van der Waals surface area (Å²) in [5.41, 5.74) is 0.806. The molecule has 12 heavy (non-hydrogen) atoms. The second kappa shape index (κ2) is 2.95. The van der Waals surface area contributed by atoms with Gasteiger partial charge in [0.05, 0.1) is 18.7 Å². The highest BCUT2D eigenvalue weighted by molar-refractivity contribution is 5.92. The van der Waals surface area contributed by atoms with Crippen LogP contribution < -0.4 is 5.06 Å². The molecule has 1 aliphatic rings. The van der Waals surface area contributed by atoms with Crippen LogP contribution in [0.25, 0.3) is 0 Å². The fourth-order valence-electron chi connectivity index (χ4n) is 1.18. The summed E-state index contributed by atoms with van der Waals surface area (Å²) < 4.78 is 0. The van der Waals surface area contributed by atoms with Gasteiger partial charge in [0.1, 0.15) is 0 Å². The average Bonchev–Trinajstić information content (AvgIpc) is 2.53. The third kappa shape index (κ3) is 1.19. The minimum atomic E-state index is 0.0289. The van der Waals surface area contributed by atoms with E-state index >= 15 is 0 Å². The SMILES string of the molecule is O=C1CCON1c1ccccc1. The second-order valence-corrected chi connectivity index (χ2v) is 2.61. The number of carbonyl (C=O) groups is 1. The van der Waals surface area contributed by atoms with E-state index in [-0.39, 0.29) is 5.91 Å². The van der Waals surface area contributed by atoms with E-state index in [2.05, 4.69) is 0 Å². The zero-order chi connectivity index (χ0) is 8.39. The molecule has 0 aliphatic carbocycles. The van der Waals surface area contributed by atoms with Crippen molar-refractivity contribution in [3.63, 3.8) is 0 Å². The van der Waals surface area contributed by atoms with E-state index < -0.39 is 0 Å². The maximum absolute atomic E-state index is 11.2. The van der Waals surface area contributed by atoms with Crippen molar-refractivity contribution in [1.29, 1.82) is 0 Å². The van der Waals surface area contributed by atoms with Crippen molar-refractivity contribution in [2.75, 3.05) is 11.7 Å². The van der Waals surface area contributed by atoms with Crippen LogP contribution in [0.4, 0.5) is 5.69 Å². The number of para-hydroxylation sites is 1. The highest BCUT2D eigenvalue weighted by Gasteiger charge is 2.22. The lowest BCUT2D eigenvalue weighted by Gasteiger charge is -2.12. The Labute approximate surface area is 70.5 Å². The van der Waals surface area contributed by atoms with Gasteiger partial charge in [-0.15, -0.1) is 0 Å². The van der Waals surface area contributed by atoms with E-state index in [0.717, 1.165) is 5.69 Å². The van der Waals surface area contributed by atoms with Gasteiger partial charge in [0, 0.05) is 0 Å². The van der Waals surface area contributed by atoms with E-state index in [9.17, 15) is 4.79 Å². The summed E-state index contributed by atoms with van der Waals surface area (Å²) in [7, 11) is 0. The summed E-state index contributed by atoms with van der Waals surface area (Å²) in [5, 5.41) is 1.35. The van der Waals surface area contributed by atoms with Gasteiger partial charge in [0.25, 0.3) is 5.91 Å². The first-order valence-electron chi connectivity index (χ1n) is 3.89. The summed E-state index contributed by atoms with van der Waals surface area (Å²) in [6.45, 7) is 0.494. The Morgan fingerprint density at radius 1 is 1.25 bits per heavy atom. The molecule has 2 rings (SSSR count). The molecule has 0 unspecified atom stereocenters. The Kier molecular flexibility index (Phi) is 1.80. The summed E-state index contributed by atoms with van der Waals surface area (Å²) in [6, 6.07) is 9.37. The second-order valence-electron chi connectivity index (χ2n) is 2.61. The van der Waals surface area contributed by atoms with Gasteiger partial charge >= 0.3 is 0 Å². The van der Waals surface area contributed by atoms with E-state index in [4.69, 9.17) is 4.84 Å². The molecule has 1 saturated heterocycles. The van der Waals surface area contributed by atoms with Crippen molar-refractivity contribution in [1.82, 2.24) is 0 Å². The fraction of sp³-hybridized carbons (Fsp3) is 0.222. The number of hydroxylamine groups is 1. The number of benzene rings is 1. The molecule has 1 amide bonds. The fourth-order valence-corrected chi connectivity index (χ4v) is 1.18. The Balaban J connectivity index is 2.25. The van der Waals surface area contributed by atoms with Crippen LogP contribution in [0.15, 0.2) is 30.3 Å². The molecule has 0 atom stereocenters. The van der Waals surface area contributed by atoms with Gasteiger partial charge in [-0.3, -0.25) is 9.63 Å². The molecule has 3 nitrogen and oxygen atoms in total. The average molecular weight is 163 g/mol. The molecule has 0 N–H and O–H groups in total.